The normalized spacial score (nSPS) is 12.0. The topological polar surface area (TPSA) is 99.1 Å². The molecule has 1 unspecified atom stereocenters. The van der Waals surface area contributed by atoms with Crippen molar-refractivity contribution in [2.75, 3.05) is 18.5 Å². The van der Waals surface area contributed by atoms with Crippen molar-refractivity contribution in [3.8, 4) is 0 Å². The van der Waals surface area contributed by atoms with Crippen LogP contribution in [0.2, 0.25) is 0 Å². The lowest BCUT2D eigenvalue weighted by Crippen LogP contribution is -2.22. The van der Waals surface area contributed by atoms with Crippen LogP contribution >= 0.6 is 0 Å². The molecule has 5 N–H and O–H groups in total. The number of aromatic nitrogens is 2. The van der Waals surface area contributed by atoms with Gasteiger partial charge in [0.05, 0.1) is 11.0 Å². The quantitative estimate of drug-likeness (QED) is 0.379. The van der Waals surface area contributed by atoms with Crippen LogP contribution < -0.4 is 16.8 Å². The van der Waals surface area contributed by atoms with Crippen LogP contribution in [-0.2, 0) is 4.74 Å². The number of ether oxygens (including phenoxy) is 1. The van der Waals surface area contributed by atoms with Gasteiger partial charge in [-0.3, -0.25) is 5.32 Å². The van der Waals surface area contributed by atoms with Crippen LogP contribution in [0.3, 0.4) is 0 Å². The van der Waals surface area contributed by atoms with E-state index in [2.05, 4.69) is 21.9 Å². The Morgan fingerprint density at radius 1 is 1.04 bits per heavy atom. The molecule has 0 amide bonds. The van der Waals surface area contributed by atoms with Gasteiger partial charge in [0.15, 0.2) is 12.0 Å². The number of nitrogens with one attached hydrogen (secondary N) is 1. The maximum atomic E-state index is 6.06. The van der Waals surface area contributed by atoms with Crippen molar-refractivity contribution >= 4 is 28.3 Å². The van der Waals surface area contributed by atoms with E-state index in [0.29, 0.717) is 23.0 Å². The molecular formula is C18H19N5O. The number of rotatable bonds is 5. The first-order valence-electron chi connectivity index (χ1n) is 7.50. The van der Waals surface area contributed by atoms with Crippen molar-refractivity contribution in [3.05, 3.63) is 66.4 Å². The smallest absolute Gasteiger partial charge is 0.196 e. The minimum Gasteiger partial charge on any atom is -0.469 e. The van der Waals surface area contributed by atoms with Crippen LogP contribution in [-0.4, -0.2) is 17.0 Å². The van der Waals surface area contributed by atoms with E-state index < -0.39 is 6.23 Å². The molecule has 0 aliphatic carbocycles. The van der Waals surface area contributed by atoms with Gasteiger partial charge in [-0.1, -0.05) is 30.8 Å². The first-order chi connectivity index (χ1) is 11.6. The lowest BCUT2D eigenvalue weighted by molar-refractivity contribution is 0.139. The van der Waals surface area contributed by atoms with Crippen LogP contribution in [0.15, 0.2) is 55.1 Å². The summed E-state index contributed by atoms with van der Waals surface area (Å²) < 4.78 is 5.91. The average Bonchev–Trinajstić information content (AvgIpc) is 2.59. The Morgan fingerprint density at radius 3 is 2.33 bits per heavy atom. The molecule has 0 aliphatic rings. The van der Waals surface area contributed by atoms with Gasteiger partial charge in [0.2, 0.25) is 0 Å². The van der Waals surface area contributed by atoms with Crippen molar-refractivity contribution in [1.82, 2.24) is 15.3 Å². The number of hydrogen-bond donors (Lipinski definition) is 3. The lowest BCUT2D eigenvalue weighted by Gasteiger charge is -2.21. The standard InChI is InChI=1S/C18H19N5O/c1-11(12-7-3-4-8-13(12)19)24-18(21-2)16-17(20)23-15-10-6-5-9-14(15)22-16/h3-10,18,21H,1,19H2,2H3,(H2,20,23). The second kappa shape index (κ2) is 6.55. The third-order valence-electron chi connectivity index (χ3n) is 3.66. The Labute approximate surface area is 140 Å². The van der Waals surface area contributed by atoms with Gasteiger partial charge in [-0.15, -0.1) is 0 Å². The van der Waals surface area contributed by atoms with Crippen molar-refractivity contribution in [2.24, 2.45) is 0 Å². The maximum Gasteiger partial charge on any atom is 0.196 e. The van der Waals surface area contributed by atoms with Gasteiger partial charge in [-0.25, -0.2) is 9.97 Å². The number of nitrogen functional groups attached to an aromatic ring is 2. The van der Waals surface area contributed by atoms with E-state index >= 15 is 0 Å². The summed E-state index contributed by atoms with van der Waals surface area (Å²) in [5.41, 5.74) is 15.3. The number of anilines is 2. The van der Waals surface area contributed by atoms with Crippen LogP contribution in [0.5, 0.6) is 0 Å². The molecule has 1 atom stereocenters. The molecule has 0 saturated heterocycles. The summed E-state index contributed by atoms with van der Waals surface area (Å²) in [6.45, 7) is 3.96. The number of nitrogens with zero attached hydrogens (tertiary/aromatic N) is 2. The zero-order valence-electron chi connectivity index (χ0n) is 13.4. The van der Waals surface area contributed by atoms with Crippen LogP contribution in [0.25, 0.3) is 16.8 Å². The van der Waals surface area contributed by atoms with E-state index in [1.165, 1.54) is 0 Å². The molecule has 6 nitrogen and oxygen atoms in total. The summed E-state index contributed by atoms with van der Waals surface area (Å²) in [6, 6.07) is 14.9. The molecule has 0 bridgehead atoms. The molecule has 1 aromatic heterocycles. The summed E-state index contributed by atoms with van der Waals surface area (Å²) in [6.07, 6.45) is -0.589. The Hall–Kier alpha value is -3.12. The van der Waals surface area contributed by atoms with Gasteiger partial charge >= 0.3 is 0 Å². The van der Waals surface area contributed by atoms with E-state index in [9.17, 15) is 0 Å². The molecule has 6 heteroatoms. The monoisotopic (exact) mass is 321 g/mol. The van der Waals surface area contributed by atoms with Gasteiger partial charge in [-0.05, 0) is 31.3 Å². The molecule has 0 fully saturated rings. The van der Waals surface area contributed by atoms with Crippen molar-refractivity contribution in [3.63, 3.8) is 0 Å². The Bertz CT molecular complexity index is 893. The first-order valence-corrected chi connectivity index (χ1v) is 7.50. The molecule has 3 aromatic rings. The molecule has 24 heavy (non-hydrogen) atoms. The average molecular weight is 321 g/mol. The number of fused-ring (bicyclic) bond motifs is 1. The zero-order valence-corrected chi connectivity index (χ0v) is 13.4. The third-order valence-corrected chi connectivity index (χ3v) is 3.66. The fourth-order valence-corrected chi connectivity index (χ4v) is 2.43. The Kier molecular flexibility index (Phi) is 4.31. The number of hydrogen-bond acceptors (Lipinski definition) is 6. The lowest BCUT2D eigenvalue weighted by atomic mass is 10.1. The minimum absolute atomic E-state index is 0.307. The summed E-state index contributed by atoms with van der Waals surface area (Å²) >= 11 is 0. The van der Waals surface area contributed by atoms with Gasteiger partial charge in [0, 0.05) is 11.3 Å². The highest BCUT2D eigenvalue weighted by molar-refractivity contribution is 5.76. The second-order valence-corrected chi connectivity index (χ2v) is 5.28. The highest BCUT2D eigenvalue weighted by Gasteiger charge is 2.19. The van der Waals surface area contributed by atoms with Gasteiger partial charge < -0.3 is 16.2 Å². The molecular weight excluding hydrogens is 302 g/mol. The largest absolute Gasteiger partial charge is 0.469 e. The fraction of sp³-hybridized carbons (Fsp3) is 0.111. The Balaban J connectivity index is 1.93. The van der Waals surface area contributed by atoms with Crippen molar-refractivity contribution < 1.29 is 4.74 Å². The zero-order chi connectivity index (χ0) is 17.1. The predicted molar refractivity (Wildman–Crippen MR) is 96.7 cm³/mol. The number of para-hydroxylation sites is 3. The van der Waals surface area contributed by atoms with Crippen LogP contribution in [0.1, 0.15) is 17.5 Å². The SMILES string of the molecule is C=C(OC(NC)c1nc2ccccc2nc1N)c1ccccc1N. The van der Waals surface area contributed by atoms with Gasteiger partial charge in [0.25, 0.3) is 0 Å². The third kappa shape index (κ3) is 3.00. The molecule has 2 aromatic carbocycles. The predicted octanol–water partition coefficient (Wildman–Crippen LogP) is 2.70. The van der Waals surface area contributed by atoms with E-state index in [0.717, 1.165) is 16.6 Å². The van der Waals surface area contributed by atoms with Crippen molar-refractivity contribution in [1.29, 1.82) is 0 Å². The van der Waals surface area contributed by atoms with E-state index in [1.54, 1.807) is 13.1 Å². The fourth-order valence-electron chi connectivity index (χ4n) is 2.43. The molecule has 0 aliphatic heterocycles. The highest BCUT2D eigenvalue weighted by Crippen LogP contribution is 2.28. The molecule has 0 saturated carbocycles. The minimum atomic E-state index is -0.589. The Morgan fingerprint density at radius 2 is 1.67 bits per heavy atom. The van der Waals surface area contributed by atoms with Gasteiger partial charge in [-0.2, -0.15) is 0 Å². The summed E-state index contributed by atoms with van der Waals surface area (Å²) in [5, 5.41) is 3.04. The summed E-state index contributed by atoms with van der Waals surface area (Å²) in [5.74, 6) is 0.740. The van der Waals surface area contributed by atoms with E-state index in [1.807, 2.05) is 42.5 Å². The van der Waals surface area contributed by atoms with Crippen LogP contribution in [0.4, 0.5) is 11.5 Å². The molecule has 3 rings (SSSR count). The molecule has 0 spiro atoms. The molecule has 122 valence electrons. The first kappa shape index (κ1) is 15.8. The highest BCUT2D eigenvalue weighted by atomic mass is 16.5. The summed E-state index contributed by atoms with van der Waals surface area (Å²) in [7, 11) is 1.75. The maximum absolute atomic E-state index is 6.06. The summed E-state index contributed by atoms with van der Waals surface area (Å²) in [4.78, 5) is 8.95. The van der Waals surface area contributed by atoms with Crippen LogP contribution in [0, 0.1) is 0 Å². The van der Waals surface area contributed by atoms with Crippen molar-refractivity contribution in [2.45, 2.75) is 6.23 Å². The molecule has 0 radical (unpaired) electrons. The number of benzene rings is 2. The molecule has 1 heterocycles. The second-order valence-electron chi connectivity index (χ2n) is 5.28. The van der Waals surface area contributed by atoms with E-state index in [-0.39, 0.29) is 0 Å². The number of nitrogens with two attached hydrogens (primary N) is 2. The van der Waals surface area contributed by atoms with E-state index in [4.69, 9.17) is 16.2 Å². The van der Waals surface area contributed by atoms with Gasteiger partial charge in [0.1, 0.15) is 11.5 Å².